The highest BCUT2D eigenvalue weighted by molar-refractivity contribution is 5.83. The average molecular weight is 237 g/mol. The van der Waals surface area contributed by atoms with E-state index in [4.69, 9.17) is 0 Å². The fourth-order valence-electron chi connectivity index (χ4n) is 2.13. The van der Waals surface area contributed by atoms with Gasteiger partial charge in [-0.2, -0.15) is 0 Å². The number of hydrogen-bond donors (Lipinski definition) is 2. The third-order valence-corrected chi connectivity index (χ3v) is 3.14. The highest BCUT2D eigenvalue weighted by Crippen LogP contribution is 2.22. The van der Waals surface area contributed by atoms with Crippen molar-refractivity contribution < 1.29 is 0 Å². The molecule has 1 unspecified atom stereocenters. The molecule has 3 aromatic rings. The molecule has 0 saturated heterocycles. The minimum Gasteiger partial charge on any atom is -0.379 e. The summed E-state index contributed by atoms with van der Waals surface area (Å²) in [5.74, 6) is 0. The van der Waals surface area contributed by atoms with Crippen molar-refractivity contribution in [3.63, 3.8) is 0 Å². The van der Waals surface area contributed by atoms with E-state index in [0.29, 0.717) is 0 Å². The van der Waals surface area contributed by atoms with E-state index in [1.54, 1.807) is 0 Å². The molecule has 2 aromatic heterocycles. The third-order valence-electron chi connectivity index (χ3n) is 3.14. The normalized spacial score (nSPS) is 12.5. The van der Waals surface area contributed by atoms with Gasteiger partial charge in [-0.05, 0) is 48.9 Å². The van der Waals surface area contributed by atoms with Gasteiger partial charge in [0.1, 0.15) is 0 Å². The van der Waals surface area contributed by atoms with Gasteiger partial charge in [0.2, 0.25) is 0 Å². The van der Waals surface area contributed by atoms with Crippen LogP contribution in [0, 0.1) is 0 Å². The van der Waals surface area contributed by atoms with E-state index in [0.717, 1.165) is 11.2 Å². The molecule has 0 aliphatic carbocycles. The fraction of sp³-hybridized carbons (Fsp3) is 0.133. The number of nitrogens with one attached hydrogen (secondary N) is 2. The maximum Gasteiger partial charge on any atom is 0.0486 e. The summed E-state index contributed by atoms with van der Waals surface area (Å²) in [6.07, 6.45) is 5.60. The highest BCUT2D eigenvalue weighted by atomic mass is 14.9. The Balaban J connectivity index is 1.83. The van der Waals surface area contributed by atoms with E-state index in [9.17, 15) is 0 Å². The third kappa shape index (κ3) is 2.07. The van der Waals surface area contributed by atoms with Crippen molar-refractivity contribution >= 4 is 16.6 Å². The molecule has 0 amide bonds. The van der Waals surface area contributed by atoms with Crippen LogP contribution in [0.1, 0.15) is 18.5 Å². The van der Waals surface area contributed by atoms with Gasteiger partial charge in [-0.1, -0.05) is 0 Å². The van der Waals surface area contributed by atoms with Crippen molar-refractivity contribution in [2.24, 2.45) is 0 Å². The maximum absolute atomic E-state index is 4.04. The van der Waals surface area contributed by atoms with Gasteiger partial charge in [-0.25, -0.2) is 0 Å². The molecule has 0 aliphatic rings. The zero-order chi connectivity index (χ0) is 12.4. The predicted octanol–water partition coefficient (Wildman–Crippen LogP) is 3.74. The monoisotopic (exact) mass is 237 g/mol. The van der Waals surface area contributed by atoms with Crippen molar-refractivity contribution in [2.45, 2.75) is 13.0 Å². The summed E-state index contributed by atoms with van der Waals surface area (Å²) in [5.41, 5.74) is 3.53. The van der Waals surface area contributed by atoms with Crippen LogP contribution in [0.3, 0.4) is 0 Å². The smallest absolute Gasteiger partial charge is 0.0486 e. The molecule has 1 aromatic carbocycles. The summed E-state index contributed by atoms with van der Waals surface area (Å²) >= 11 is 0. The lowest BCUT2D eigenvalue weighted by atomic mass is 10.1. The number of rotatable bonds is 3. The quantitative estimate of drug-likeness (QED) is 0.728. The fourth-order valence-corrected chi connectivity index (χ4v) is 2.13. The van der Waals surface area contributed by atoms with E-state index >= 15 is 0 Å². The number of hydrogen-bond acceptors (Lipinski definition) is 2. The predicted molar refractivity (Wildman–Crippen MR) is 74.6 cm³/mol. The van der Waals surface area contributed by atoms with E-state index in [-0.39, 0.29) is 6.04 Å². The van der Waals surface area contributed by atoms with Gasteiger partial charge in [0.05, 0.1) is 0 Å². The molecule has 3 heteroatoms. The summed E-state index contributed by atoms with van der Waals surface area (Å²) in [4.78, 5) is 7.23. The molecule has 0 saturated carbocycles. The van der Waals surface area contributed by atoms with Crippen LogP contribution >= 0.6 is 0 Å². The molecular formula is C15H15N3. The largest absolute Gasteiger partial charge is 0.379 e. The summed E-state index contributed by atoms with van der Waals surface area (Å²) in [6.45, 7) is 2.15. The van der Waals surface area contributed by atoms with E-state index in [1.165, 1.54) is 10.9 Å². The molecular weight excluding hydrogens is 222 g/mol. The number of fused-ring (bicyclic) bond motifs is 1. The molecule has 90 valence electrons. The average Bonchev–Trinajstić information content (AvgIpc) is 2.87. The minimum atomic E-state index is 0.268. The Bertz CT molecular complexity index is 643. The molecule has 18 heavy (non-hydrogen) atoms. The van der Waals surface area contributed by atoms with E-state index in [1.807, 2.05) is 30.7 Å². The topological polar surface area (TPSA) is 40.7 Å². The summed E-state index contributed by atoms with van der Waals surface area (Å²) in [7, 11) is 0. The Labute approximate surface area is 106 Å². The second-order valence-electron chi connectivity index (χ2n) is 4.43. The van der Waals surface area contributed by atoms with Crippen LogP contribution in [-0.4, -0.2) is 9.97 Å². The number of H-pyrrole nitrogens is 1. The van der Waals surface area contributed by atoms with Crippen molar-refractivity contribution in [2.75, 3.05) is 5.32 Å². The SMILES string of the molecule is CC(Nc1ccc2[nH]ccc2c1)c1ccncc1. The molecule has 0 fully saturated rings. The Morgan fingerprint density at radius 1 is 1.11 bits per heavy atom. The molecule has 2 heterocycles. The lowest BCUT2D eigenvalue weighted by Crippen LogP contribution is -2.06. The van der Waals surface area contributed by atoms with Crippen LogP contribution in [0.25, 0.3) is 10.9 Å². The standard InChI is InChI=1S/C15H15N3/c1-11(12-4-7-16-8-5-12)18-14-2-3-15-13(10-14)6-9-17-15/h2-11,17-18H,1H3. The van der Waals surface area contributed by atoms with Crippen molar-refractivity contribution in [3.8, 4) is 0 Å². The molecule has 0 radical (unpaired) electrons. The van der Waals surface area contributed by atoms with Gasteiger partial charge in [0, 0.05) is 41.2 Å². The molecule has 0 bridgehead atoms. The highest BCUT2D eigenvalue weighted by Gasteiger charge is 2.05. The summed E-state index contributed by atoms with van der Waals surface area (Å²) in [6, 6.07) is 12.8. The first kappa shape index (κ1) is 10.8. The summed E-state index contributed by atoms with van der Waals surface area (Å²) in [5, 5.41) is 4.72. The lowest BCUT2D eigenvalue weighted by Gasteiger charge is -2.15. The van der Waals surface area contributed by atoms with Crippen LogP contribution < -0.4 is 5.32 Å². The first-order valence-electron chi connectivity index (χ1n) is 6.06. The van der Waals surface area contributed by atoms with Gasteiger partial charge >= 0.3 is 0 Å². The Kier molecular flexibility index (Phi) is 2.73. The van der Waals surface area contributed by atoms with Crippen molar-refractivity contribution in [1.82, 2.24) is 9.97 Å². The first-order valence-corrected chi connectivity index (χ1v) is 6.06. The van der Waals surface area contributed by atoms with Gasteiger partial charge < -0.3 is 10.3 Å². The van der Waals surface area contributed by atoms with Crippen molar-refractivity contribution in [1.29, 1.82) is 0 Å². The Hall–Kier alpha value is -2.29. The zero-order valence-electron chi connectivity index (χ0n) is 10.2. The van der Waals surface area contributed by atoms with Crippen LogP contribution in [0.4, 0.5) is 5.69 Å². The number of aromatic nitrogens is 2. The molecule has 2 N–H and O–H groups in total. The zero-order valence-corrected chi connectivity index (χ0v) is 10.2. The number of nitrogens with zero attached hydrogens (tertiary/aromatic N) is 1. The van der Waals surface area contributed by atoms with Gasteiger partial charge in [-0.3, -0.25) is 4.98 Å². The molecule has 1 atom stereocenters. The van der Waals surface area contributed by atoms with Crippen LogP contribution in [0.2, 0.25) is 0 Å². The Morgan fingerprint density at radius 2 is 1.94 bits per heavy atom. The second kappa shape index (κ2) is 4.53. The lowest BCUT2D eigenvalue weighted by molar-refractivity contribution is 0.881. The molecule has 3 nitrogen and oxygen atoms in total. The first-order chi connectivity index (χ1) is 8.83. The van der Waals surface area contributed by atoms with Crippen LogP contribution in [0.5, 0.6) is 0 Å². The van der Waals surface area contributed by atoms with E-state index < -0.39 is 0 Å². The number of benzene rings is 1. The van der Waals surface area contributed by atoms with Crippen LogP contribution in [-0.2, 0) is 0 Å². The maximum atomic E-state index is 4.04. The second-order valence-corrected chi connectivity index (χ2v) is 4.43. The van der Waals surface area contributed by atoms with Crippen molar-refractivity contribution in [3.05, 3.63) is 60.6 Å². The Morgan fingerprint density at radius 3 is 2.78 bits per heavy atom. The van der Waals surface area contributed by atoms with Gasteiger partial charge in [0.25, 0.3) is 0 Å². The van der Waals surface area contributed by atoms with E-state index in [2.05, 4.69) is 46.5 Å². The van der Waals surface area contributed by atoms with Gasteiger partial charge in [-0.15, -0.1) is 0 Å². The number of anilines is 1. The molecule has 0 aliphatic heterocycles. The number of pyridine rings is 1. The van der Waals surface area contributed by atoms with Crippen LogP contribution in [0.15, 0.2) is 55.0 Å². The minimum absolute atomic E-state index is 0.268. The molecule has 0 spiro atoms. The number of aromatic amines is 1. The van der Waals surface area contributed by atoms with Gasteiger partial charge in [0.15, 0.2) is 0 Å². The summed E-state index contributed by atoms with van der Waals surface area (Å²) < 4.78 is 0. The molecule has 3 rings (SSSR count).